The first-order valence-electron chi connectivity index (χ1n) is 5.76. The van der Waals surface area contributed by atoms with E-state index in [1.54, 1.807) is 0 Å². The molecule has 1 aromatic heterocycles. The van der Waals surface area contributed by atoms with Crippen molar-refractivity contribution >= 4 is 11.6 Å². The number of aromatic nitrogens is 2. The molecule has 0 aliphatic carbocycles. The Morgan fingerprint density at radius 3 is 2.95 bits per heavy atom. The first-order valence-corrected chi connectivity index (χ1v) is 6.20. The highest BCUT2D eigenvalue weighted by atomic mass is 35.5. The average Bonchev–Trinajstić information content (AvgIpc) is 2.72. The fraction of sp³-hybridized carbons (Fsp3) is 0.600. The SMILES string of the molecule is Cc1cn([C@@H]2O[C@H](CO)[C@@H](N=[N+]=[N-])[C@H]2Cl)c(=O)[nH]c1=O. The van der Waals surface area contributed by atoms with Gasteiger partial charge in [-0.25, -0.2) is 4.79 Å². The van der Waals surface area contributed by atoms with E-state index in [2.05, 4.69) is 15.0 Å². The van der Waals surface area contributed by atoms with Crippen LogP contribution >= 0.6 is 11.6 Å². The molecule has 4 atom stereocenters. The number of aliphatic hydroxyl groups excluding tert-OH is 1. The highest BCUT2D eigenvalue weighted by Gasteiger charge is 2.44. The molecule has 0 saturated carbocycles. The van der Waals surface area contributed by atoms with Gasteiger partial charge in [-0.3, -0.25) is 14.3 Å². The van der Waals surface area contributed by atoms with E-state index in [1.165, 1.54) is 13.1 Å². The molecule has 0 amide bonds. The lowest BCUT2D eigenvalue weighted by Crippen LogP contribution is -2.36. The minimum atomic E-state index is -0.938. The van der Waals surface area contributed by atoms with E-state index in [-0.39, 0.29) is 0 Å². The number of nitrogens with zero attached hydrogens (tertiary/aromatic N) is 4. The summed E-state index contributed by atoms with van der Waals surface area (Å²) in [5.74, 6) is 0. The van der Waals surface area contributed by atoms with E-state index in [9.17, 15) is 14.7 Å². The predicted molar refractivity (Wildman–Crippen MR) is 69.6 cm³/mol. The lowest BCUT2D eigenvalue weighted by atomic mass is 10.1. The molecule has 2 rings (SSSR count). The zero-order valence-electron chi connectivity index (χ0n) is 10.4. The molecule has 0 unspecified atom stereocenters. The molecule has 1 aliphatic rings. The Balaban J connectivity index is 2.44. The van der Waals surface area contributed by atoms with Gasteiger partial charge >= 0.3 is 5.69 Å². The quantitative estimate of drug-likeness (QED) is 0.352. The number of hydrogen-bond donors (Lipinski definition) is 2. The molecular weight excluding hydrogens is 290 g/mol. The topological polar surface area (TPSA) is 133 Å². The second-order valence-corrected chi connectivity index (χ2v) is 4.87. The number of rotatable bonds is 3. The van der Waals surface area contributed by atoms with E-state index in [4.69, 9.17) is 21.9 Å². The largest absolute Gasteiger partial charge is 0.394 e. The van der Waals surface area contributed by atoms with Gasteiger partial charge in [0.25, 0.3) is 5.56 Å². The van der Waals surface area contributed by atoms with Crippen LogP contribution in [0.2, 0.25) is 0 Å². The van der Waals surface area contributed by atoms with Crippen molar-refractivity contribution in [1.82, 2.24) is 9.55 Å². The van der Waals surface area contributed by atoms with Crippen molar-refractivity contribution in [3.8, 4) is 0 Å². The van der Waals surface area contributed by atoms with Crippen molar-refractivity contribution < 1.29 is 9.84 Å². The van der Waals surface area contributed by atoms with Crippen LogP contribution in [-0.4, -0.2) is 38.8 Å². The standard InChI is InChI=1S/C10H12ClN5O4/c1-4-2-16(10(19)13-8(4)18)9-6(11)7(14-15-12)5(3-17)20-9/h2,5-7,9,17H,3H2,1H3,(H,13,18,19)/t5-,6-,7-,9-/m1/s1. The maximum atomic E-state index is 11.8. The average molecular weight is 302 g/mol. The minimum absolute atomic E-state index is 0.310. The van der Waals surface area contributed by atoms with Crippen LogP contribution in [0.5, 0.6) is 0 Å². The molecule has 1 aromatic rings. The number of aliphatic hydroxyl groups is 1. The third-order valence-corrected chi connectivity index (χ3v) is 3.55. The van der Waals surface area contributed by atoms with Gasteiger partial charge in [-0.1, -0.05) is 5.11 Å². The number of ether oxygens (including phenoxy) is 1. The fourth-order valence-corrected chi connectivity index (χ4v) is 2.44. The number of nitrogens with one attached hydrogen (secondary N) is 1. The van der Waals surface area contributed by atoms with E-state index in [1.807, 2.05) is 0 Å². The van der Waals surface area contributed by atoms with Crippen LogP contribution < -0.4 is 11.2 Å². The summed E-state index contributed by atoms with van der Waals surface area (Å²) < 4.78 is 6.56. The predicted octanol–water partition coefficient (Wildman–Crippen LogP) is 0.0210. The zero-order valence-corrected chi connectivity index (χ0v) is 11.2. The van der Waals surface area contributed by atoms with Gasteiger partial charge < -0.3 is 9.84 Å². The van der Waals surface area contributed by atoms with Gasteiger partial charge in [0.15, 0.2) is 6.23 Å². The highest BCUT2D eigenvalue weighted by molar-refractivity contribution is 6.21. The summed E-state index contributed by atoms with van der Waals surface area (Å²) in [5.41, 5.74) is 7.62. The molecule has 9 nitrogen and oxygen atoms in total. The van der Waals surface area contributed by atoms with Gasteiger partial charge in [0.05, 0.1) is 24.1 Å². The van der Waals surface area contributed by atoms with Crippen LogP contribution in [0.1, 0.15) is 11.8 Å². The van der Waals surface area contributed by atoms with Crippen LogP contribution in [0.3, 0.4) is 0 Å². The highest BCUT2D eigenvalue weighted by Crippen LogP contribution is 2.34. The molecule has 1 saturated heterocycles. The number of azide groups is 1. The van der Waals surface area contributed by atoms with E-state index in [0.717, 1.165) is 4.57 Å². The van der Waals surface area contributed by atoms with Crippen LogP contribution in [0.4, 0.5) is 0 Å². The minimum Gasteiger partial charge on any atom is -0.394 e. The van der Waals surface area contributed by atoms with Crippen molar-refractivity contribution in [2.24, 2.45) is 5.11 Å². The summed E-state index contributed by atoms with van der Waals surface area (Å²) in [4.78, 5) is 27.9. The fourth-order valence-electron chi connectivity index (χ4n) is 2.05. The molecule has 0 radical (unpaired) electrons. The Bertz CT molecular complexity index is 664. The molecule has 1 fully saturated rings. The maximum absolute atomic E-state index is 11.8. The van der Waals surface area contributed by atoms with E-state index >= 15 is 0 Å². The Kier molecular flexibility index (Phi) is 4.15. The number of hydrogen-bond acceptors (Lipinski definition) is 5. The van der Waals surface area contributed by atoms with Crippen LogP contribution in [0.25, 0.3) is 10.4 Å². The first kappa shape index (κ1) is 14.6. The van der Waals surface area contributed by atoms with Gasteiger partial charge in [0, 0.05) is 16.7 Å². The Labute approximate surface area is 117 Å². The molecule has 20 heavy (non-hydrogen) atoms. The molecule has 1 aliphatic heterocycles. The summed E-state index contributed by atoms with van der Waals surface area (Å²) in [6.07, 6.45) is -0.432. The Morgan fingerprint density at radius 1 is 1.65 bits per heavy atom. The van der Waals surface area contributed by atoms with Crippen molar-refractivity contribution in [3.63, 3.8) is 0 Å². The Hall–Kier alpha value is -1.80. The number of H-pyrrole nitrogens is 1. The molecule has 0 aromatic carbocycles. The lowest BCUT2D eigenvalue weighted by Gasteiger charge is -2.17. The summed E-state index contributed by atoms with van der Waals surface area (Å²) >= 11 is 6.14. The second kappa shape index (κ2) is 5.68. The number of alkyl halides is 1. The third-order valence-electron chi connectivity index (χ3n) is 3.08. The third kappa shape index (κ3) is 2.44. The summed E-state index contributed by atoms with van der Waals surface area (Å²) in [5, 5.41) is 11.8. The molecule has 0 bridgehead atoms. The van der Waals surface area contributed by atoms with Crippen LogP contribution in [0, 0.1) is 6.92 Å². The maximum Gasteiger partial charge on any atom is 0.330 e. The van der Waals surface area contributed by atoms with Gasteiger partial charge in [0.1, 0.15) is 0 Å². The number of halogens is 1. The summed E-state index contributed by atoms with van der Waals surface area (Å²) in [6, 6.07) is -0.809. The second-order valence-electron chi connectivity index (χ2n) is 4.37. The molecule has 108 valence electrons. The van der Waals surface area contributed by atoms with Crippen LogP contribution in [-0.2, 0) is 4.74 Å². The van der Waals surface area contributed by atoms with Crippen molar-refractivity contribution in [2.75, 3.05) is 6.61 Å². The van der Waals surface area contributed by atoms with Gasteiger partial charge in [-0.15, -0.1) is 11.6 Å². The molecule has 2 N–H and O–H groups in total. The molecular formula is C10H12ClN5O4. The van der Waals surface area contributed by atoms with E-state index < -0.39 is 41.6 Å². The zero-order chi connectivity index (χ0) is 14.9. The number of aryl methyl sites for hydroxylation is 1. The monoisotopic (exact) mass is 301 g/mol. The van der Waals surface area contributed by atoms with Crippen molar-refractivity contribution in [3.05, 3.63) is 43.0 Å². The molecule has 0 spiro atoms. The van der Waals surface area contributed by atoms with Crippen molar-refractivity contribution in [2.45, 2.75) is 30.7 Å². The van der Waals surface area contributed by atoms with Crippen molar-refractivity contribution in [1.29, 1.82) is 0 Å². The number of aromatic amines is 1. The van der Waals surface area contributed by atoms with Crippen LogP contribution in [0.15, 0.2) is 20.9 Å². The normalized spacial score (nSPS) is 29.1. The summed E-state index contributed by atoms with van der Waals surface area (Å²) in [7, 11) is 0. The lowest BCUT2D eigenvalue weighted by molar-refractivity contribution is -0.0265. The van der Waals surface area contributed by atoms with E-state index in [0.29, 0.717) is 5.56 Å². The summed E-state index contributed by atoms with van der Waals surface area (Å²) in [6.45, 7) is 1.13. The van der Waals surface area contributed by atoms with Gasteiger partial charge in [-0.2, -0.15) is 0 Å². The van der Waals surface area contributed by atoms with Gasteiger partial charge in [-0.05, 0) is 12.5 Å². The smallest absolute Gasteiger partial charge is 0.330 e. The Morgan fingerprint density at radius 2 is 2.35 bits per heavy atom. The first-order chi connectivity index (χ1) is 9.49. The van der Waals surface area contributed by atoms with Gasteiger partial charge in [0.2, 0.25) is 0 Å². The molecule has 2 heterocycles. The molecule has 10 heteroatoms.